The van der Waals surface area contributed by atoms with Gasteiger partial charge in [0.1, 0.15) is 6.10 Å². The molecule has 2 heterocycles. The summed E-state index contributed by atoms with van der Waals surface area (Å²) in [6.45, 7) is 1.96. The topological polar surface area (TPSA) is 49.3 Å². The molecule has 0 spiro atoms. The molecule has 0 saturated heterocycles. The number of rotatable bonds is 2. The number of halogens is 1. The van der Waals surface area contributed by atoms with Crippen molar-refractivity contribution in [3.63, 3.8) is 0 Å². The number of amides is 1. The van der Waals surface area contributed by atoms with Crippen LogP contribution in [0.3, 0.4) is 0 Å². The van der Waals surface area contributed by atoms with Crippen molar-refractivity contribution in [2.45, 2.75) is 19.4 Å². The Morgan fingerprint density at radius 2 is 2.26 bits per heavy atom. The van der Waals surface area contributed by atoms with Gasteiger partial charge in [-0.1, -0.05) is 11.6 Å². The van der Waals surface area contributed by atoms with Crippen LogP contribution in [0, 0.1) is 6.92 Å². The normalized spacial score (nSPS) is 15.2. The van der Waals surface area contributed by atoms with Crippen LogP contribution in [-0.4, -0.2) is 11.0 Å². The number of carbonyl (C=O) groups is 1. The first-order valence-electron chi connectivity index (χ1n) is 5.90. The van der Waals surface area contributed by atoms with Gasteiger partial charge in [0.2, 0.25) is 5.91 Å². The Labute approximate surface area is 119 Å². The molecule has 0 saturated carbocycles. The number of aliphatic hydroxyl groups is 1. The van der Waals surface area contributed by atoms with E-state index in [0.29, 0.717) is 17.0 Å². The second-order valence-corrected chi connectivity index (χ2v) is 5.98. The highest BCUT2D eigenvalue weighted by Crippen LogP contribution is 2.37. The second-order valence-electron chi connectivity index (χ2n) is 4.63. The van der Waals surface area contributed by atoms with Crippen LogP contribution in [0.2, 0.25) is 5.02 Å². The van der Waals surface area contributed by atoms with Crippen molar-refractivity contribution in [1.29, 1.82) is 0 Å². The molecule has 1 unspecified atom stereocenters. The number of carbonyl (C=O) groups excluding carboxylic acids is 1. The number of hydrogen-bond donors (Lipinski definition) is 2. The molecule has 98 valence electrons. The lowest BCUT2D eigenvalue weighted by molar-refractivity contribution is -0.115. The van der Waals surface area contributed by atoms with Crippen molar-refractivity contribution < 1.29 is 9.90 Å². The van der Waals surface area contributed by atoms with Crippen LogP contribution in [-0.2, 0) is 11.2 Å². The Balaban J connectivity index is 2.05. The third kappa shape index (κ3) is 2.16. The Bertz CT molecular complexity index is 665. The molecule has 3 nitrogen and oxygen atoms in total. The van der Waals surface area contributed by atoms with E-state index in [9.17, 15) is 9.90 Å². The number of fused-ring (bicyclic) bond motifs is 1. The molecule has 0 aliphatic carbocycles. The maximum atomic E-state index is 11.4. The molecule has 19 heavy (non-hydrogen) atoms. The zero-order valence-corrected chi connectivity index (χ0v) is 11.8. The van der Waals surface area contributed by atoms with Crippen LogP contribution < -0.4 is 5.32 Å². The molecule has 2 N–H and O–H groups in total. The first-order valence-corrected chi connectivity index (χ1v) is 7.16. The van der Waals surface area contributed by atoms with Gasteiger partial charge in [0.25, 0.3) is 0 Å². The Kier molecular flexibility index (Phi) is 3.09. The smallest absolute Gasteiger partial charge is 0.228 e. The number of anilines is 1. The zero-order valence-electron chi connectivity index (χ0n) is 10.2. The molecule has 0 bridgehead atoms. The van der Waals surface area contributed by atoms with Gasteiger partial charge in [-0.3, -0.25) is 4.79 Å². The standard InChI is InChI=1S/C14H12ClNO2S/c1-7-2-3-19-14(7)13(18)9-4-8-5-12(17)16-11(8)6-10(9)15/h2-4,6,13,18H,5H2,1H3,(H,16,17). The summed E-state index contributed by atoms with van der Waals surface area (Å²) >= 11 is 7.72. The molecule has 1 aliphatic rings. The van der Waals surface area contributed by atoms with Gasteiger partial charge in [-0.2, -0.15) is 0 Å². The molecule has 1 aliphatic heterocycles. The largest absolute Gasteiger partial charge is 0.383 e. The monoisotopic (exact) mass is 293 g/mol. The van der Waals surface area contributed by atoms with Crippen molar-refractivity contribution >= 4 is 34.5 Å². The molecule has 1 aromatic carbocycles. The van der Waals surface area contributed by atoms with Gasteiger partial charge in [0.15, 0.2) is 0 Å². The van der Waals surface area contributed by atoms with Crippen LogP contribution in [0.25, 0.3) is 0 Å². The number of aliphatic hydroxyl groups excluding tert-OH is 1. The van der Waals surface area contributed by atoms with E-state index >= 15 is 0 Å². The third-order valence-corrected chi connectivity index (χ3v) is 4.69. The van der Waals surface area contributed by atoms with Gasteiger partial charge in [-0.15, -0.1) is 11.3 Å². The van der Waals surface area contributed by atoms with E-state index in [1.807, 2.05) is 24.4 Å². The van der Waals surface area contributed by atoms with Crippen molar-refractivity contribution in [1.82, 2.24) is 0 Å². The maximum absolute atomic E-state index is 11.4. The van der Waals surface area contributed by atoms with E-state index in [0.717, 1.165) is 21.7 Å². The molecule has 1 amide bonds. The maximum Gasteiger partial charge on any atom is 0.228 e. The number of thiophene rings is 1. The van der Waals surface area contributed by atoms with Crippen LogP contribution in [0.1, 0.15) is 27.7 Å². The van der Waals surface area contributed by atoms with Gasteiger partial charge in [-0.25, -0.2) is 0 Å². The van der Waals surface area contributed by atoms with Gasteiger partial charge < -0.3 is 10.4 Å². The highest BCUT2D eigenvalue weighted by Gasteiger charge is 2.23. The fourth-order valence-electron chi connectivity index (χ4n) is 2.28. The predicted molar refractivity (Wildman–Crippen MR) is 76.9 cm³/mol. The average molecular weight is 294 g/mol. The molecule has 5 heteroatoms. The van der Waals surface area contributed by atoms with Gasteiger partial charge >= 0.3 is 0 Å². The van der Waals surface area contributed by atoms with E-state index in [4.69, 9.17) is 11.6 Å². The van der Waals surface area contributed by atoms with Crippen LogP contribution in [0.5, 0.6) is 0 Å². The second kappa shape index (κ2) is 4.63. The Hall–Kier alpha value is -1.36. The summed E-state index contributed by atoms with van der Waals surface area (Å²) in [7, 11) is 0. The lowest BCUT2D eigenvalue weighted by Gasteiger charge is -2.14. The summed E-state index contributed by atoms with van der Waals surface area (Å²) in [5, 5.41) is 15.6. The van der Waals surface area contributed by atoms with Crippen molar-refractivity contribution in [3.8, 4) is 0 Å². The molecule has 0 fully saturated rings. The van der Waals surface area contributed by atoms with E-state index < -0.39 is 6.10 Å². The van der Waals surface area contributed by atoms with Crippen molar-refractivity contribution in [3.05, 3.63) is 50.2 Å². The summed E-state index contributed by atoms with van der Waals surface area (Å²) in [6, 6.07) is 5.50. The van der Waals surface area contributed by atoms with Gasteiger partial charge in [-0.05, 0) is 41.6 Å². The van der Waals surface area contributed by atoms with Gasteiger partial charge in [0, 0.05) is 21.2 Å². The molecule has 0 radical (unpaired) electrons. The summed E-state index contributed by atoms with van der Waals surface area (Å²) in [6.07, 6.45) is -0.399. The average Bonchev–Trinajstić information content (AvgIpc) is 2.92. The quantitative estimate of drug-likeness (QED) is 0.893. The third-order valence-electron chi connectivity index (χ3n) is 3.29. The van der Waals surface area contributed by atoms with Crippen molar-refractivity contribution in [2.75, 3.05) is 5.32 Å². The minimum Gasteiger partial charge on any atom is -0.383 e. The van der Waals surface area contributed by atoms with Gasteiger partial charge in [0.05, 0.1) is 6.42 Å². The van der Waals surface area contributed by atoms with Crippen LogP contribution >= 0.6 is 22.9 Å². The lowest BCUT2D eigenvalue weighted by atomic mass is 10.0. The fraction of sp³-hybridized carbons (Fsp3) is 0.214. The molecule has 2 aromatic rings. The Morgan fingerprint density at radius 3 is 2.95 bits per heavy atom. The van der Waals surface area contributed by atoms with E-state index in [1.165, 1.54) is 11.3 Å². The summed E-state index contributed by atoms with van der Waals surface area (Å²) in [5.74, 6) is -0.0370. The fourth-order valence-corrected chi connectivity index (χ4v) is 3.48. The molecular formula is C14H12ClNO2S. The first-order chi connectivity index (χ1) is 9.06. The first kappa shape index (κ1) is 12.7. The summed E-state index contributed by atoms with van der Waals surface area (Å²) < 4.78 is 0. The van der Waals surface area contributed by atoms with E-state index in [2.05, 4.69) is 5.32 Å². The number of nitrogens with one attached hydrogen (secondary N) is 1. The SMILES string of the molecule is Cc1ccsc1C(O)c1cc2c(cc1Cl)NC(=O)C2. The number of hydrogen-bond acceptors (Lipinski definition) is 3. The number of aryl methyl sites for hydroxylation is 1. The Morgan fingerprint density at radius 1 is 1.47 bits per heavy atom. The molecule has 1 atom stereocenters. The molecule has 3 rings (SSSR count). The predicted octanol–water partition coefficient (Wildman–Crippen LogP) is 3.29. The molecular weight excluding hydrogens is 282 g/mol. The minimum atomic E-state index is -0.742. The minimum absolute atomic E-state index is 0.0370. The van der Waals surface area contributed by atoms with Crippen LogP contribution in [0.4, 0.5) is 5.69 Å². The van der Waals surface area contributed by atoms with Crippen LogP contribution in [0.15, 0.2) is 23.6 Å². The summed E-state index contributed by atoms with van der Waals surface area (Å²) in [4.78, 5) is 12.2. The highest BCUT2D eigenvalue weighted by atomic mass is 35.5. The van der Waals surface area contributed by atoms with Crippen molar-refractivity contribution in [2.24, 2.45) is 0 Å². The van der Waals surface area contributed by atoms with E-state index in [-0.39, 0.29) is 5.91 Å². The zero-order chi connectivity index (χ0) is 13.6. The lowest BCUT2D eigenvalue weighted by Crippen LogP contribution is -2.03. The van der Waals surface area contributed by atoms with E-state index in [1.54, 1.807) is 6.07 Å². The highest BCUT2D eigenvalue weighted by molar-refractivity contribution is 7.10. The number of benzene rings is 1. The summed E-state index contributed by atoms with van der Waals surface area (Å²) in [5.41, 5.74) is 3.33. The molecule has 1 aromatic heterocycles.